The van der Waals surface area contributed by atoms with Crippen LogP contribution in [0, 0.1) is 12.8 Å². The quantitative estimate of drug-likeness (QED) is 0.688. The number of aryl methyl sites for hydroxylation is 1. The minimum atomic E-state index is 0.491. The summed E-state index contributed by atoms with van der Waals surface area (Å²) in [5.41, 5.74) is 3.45. The minimum absolute atomic E-state index is 0.491. The molecule has 22 heavy (non-hydrogen) atoms. The maximum Gasteiger partial charge on any atom is 0.148 e. The fraction of sp³-hybridized carbons (Fsp3) is 0.316. The molecule has 0 saturated heterocycles. The molecule has 3 aromatic rings. The number of benzene rings is 2. The molecule has 0 amide bonds. The number of hydrogen-bond acceptors (Lipinski definition) is 2. The number of fused-ring (bicyclic) bond motifs is 1. The molecule has 114 valence electrons. The van der Waals surface area contributed by atoms with Gasteiger partial charge in [-0.1, -0.05) is 43.7 Å². The van der Waals surface area contributed by atoms with Crippen LogP contribution >= 0.6 is 0 Å². The predicted octanol–water partition coefficient (Wildman–Crippen LogP) is 4.58. The van der Waals surface area contributed by atoms with Gasteiger partial charge in [0.1, 0.15) is 18.2 Å². The smallest absolute Gasteiger partial charge is 0.148 e. The van der Waals surface area contributed by atoms with Crippen LogP contribution in [0.15, 0.2) is 48.5 Å². The highest BCUT2D eigenvalue weighted by molar-refractivity contribution is 5.75. The molecule has 3 rings (SSSR count). The molecule has 0 N–H and O–H groups in total. The van der Waals surface area contributed by atoms with Gasteiger partial charge in [-0.05, 0) is 37.1 Å². The van der Waals surface area contributed by atoms with E-state index < -0.39 is 0 Å². The van der Waals surface area contributed by atoms with Gasteiger partial charge in [-0.2, -0.15) is 0 Å². The summed E-state index contributed by atoms with van der Waals surface area (Å²) in [6.45, 7) is 7.96. The van der Waals surface area contributed by atoms with Crippen LogP contribution in [-0.2, 0) is 13.2 Å². The molecule has 3 nitrogen and oxygen atoms in total. The van der Waals surface area contributed by atoms with Gasteiger partial charge in [0.05, 0.1) is 11.0 Å². The summed E-state index contributed by atoms with van der Waals surface area (Å²) in [6.07, 6.45) is 0. The first-order valence-corrected chi connectivity index (χ1v) is 7.77. The molecule has 0 bridgehead atoms. The highest BCUT2D eigenvalue weighted by atomic mass is 16.5. The van der Waals surface area contributed by atoms with Crippen LogP contribution in [0.1, 0.15) is 25.2 Å². The molecule has 0 atom stereocenters. The van der Waals surface area contributed by atoms with Crippen LogP contribution in [0.3, 0.4) is 0 Å². The van der Waals surface area contributed by atoms with Gasteiger partial charge in [0.25, 0.3) is 0 Å². The van der Waals surface area contributed by atoms with Gasteiger partial charge < -0.3 is 9.30 Å². The average Bonchev–Trinajstić information content (AvgIpc) is 2.84. The van der Waals surface area contributed by atoms with Crippen molar-refractivity contribution in [1.82, 2.24) is 9.55 Å². The summed E-state index contributed by atoms with van der Waals surface area (Å²) < 4.78 is 8.19. The summed E-state index contributed by atoms with van der Waals surface area (Å²) in [5.74, 6) is 2.43. The van der Waals surface area contributed by atoms with Crippen LogP contribution in [-0.4, -0.2) is 9.55 Å². The third-order valence-electron chi connectivity index (χ3n) is 3.67. The third-order valence-corrected chi connectivity index (χ3v) is 3.67. The van der Waals surface area contributed by atoms with Gasteiger partial charge in [0, 0.05) is 6.54 Å². The first-order valence-electron chi connectivity index (χ1n) is 7.77. The number of ether oxygens (including phenoxy) is 1. The number of imidazole rings is 1. The Morgan fingerprint density at radius 2 is 1.77 bits per heavy atom. The Bertz CT molecular complexity index is 757. The molecule has 1 aromatic heterocycles. The SMILES string of the molecule is Cc1ccc(OCc2nc3ccccc3n2CC(C)C)cc1. The molecular formula is C19H22N2O. The number of aromatic nitrogens is 2. The maximum absolute atomic E-state index is 5.92. The summed E-state index contributed by atoms with van der Waals surface area (Å²) >= 11 is 0. The molecule has 0 saturated carbocycles. The molecule has 0 aliphatic rings. The van der Waals surface area contributed by atoms with Crippen molar-refractivity contribution in [1.29, 1.82) is 0 Å². The van der Waals surface area contributed by atoms with Crippen molar-refractivity contribution >= 4 is 11.0 Å². The first-order chi connectivity index (χ1) is 10.6. The average molecular weight is 294 g/mol. The van der Waals surface area contributed by atoms with E-state index in [4.69, 9.17) is 9.72 Å². The molecule has 0 spiro atoms. The molecule has 0 unspecified atom stereocenters. The standard InChI is InChI=1S/C19H22N2O/c1-14(2)12-21-18-7-5-4-6-17(18)20-19(21)13-22-16-10-8-15(3)9-11-16/h4-11,14H,12-13H2,1-3H3. The topological polar surface area (TPSA) is 27.1 Å². The van der Waals surface area contributed by atoms with Crippen molar-refractivity contribution in [2.24, 2.45) is 5.92 Å². The maximum atomic E-state index is 5.92. The van der Waals surface area contributed by atoms with E-state index in [2.05, 4.69) is 55.7 Å². The monoisotopic (exact) mass is 294 g/mol. The van der Waals surface area contributed by atoms with Gasteiger partial charge >= 0.3 is 0 Å². The van der Waals surface area contributed by atoms with Crippen molar-refractivity contribution < 1.29 is 4.74 Å². The van der Waals surface area contributed by atoms with Gasteiger partial charge in [0.2, 0.25) is 0 Å². The van der Waals surface area contributed by atoms with Gasteiger partial charge in [-0.15, -0.1) is 0 Å². The van der Waals surface area contributed by atoms with Crippen LogP contribution in [0.5, 0.6) is 5.75 Å². The van der Waals surface area contributed by atoms with Crippen LogP contribution < -0.4 is 4.74 Å². The van der Waals surface area contributed by atoms with Crippen LogP contribution in [0.4, 0.5) is 0 Å². The lowest BCUT2D eigenvalue weighted by molar-refractivity contribution is 0.287. The Morgan fingerprint density at radius 3 is 2.50 bits per heavy atom. The Labute approximate surface area is 131 Å². The highest BCUT2D eigenvalue weighted by Crippen LogP contribution is 2.20. The highest BCUT2D eigenvalue weighted by Gasteiger charge is 2.12. The van der Waals surface area contributed by atoms with Gasteiger partial charge in [-0.3, -0.25) is 0 Å². The lowest BCUT2D eigenvalue weighted by Crippen LogP contribution is -2.11. The molecule has 0 aliphatic carbocycles. The van der Waals surface area contributed by atoms with E-state index in [1.165, 1.54) is 11.1 Å². The predicted molar refractivity (Wildman–Crippen MR) is 90.1 cm³/mol. The number of rotatable bonds is 5. The Hall–Kier alpha value is -2.29. The second-order valence-corrected chi connectivity index (χ2v) is 6.12. The number of para-hydroxylation sites is 2. The molecule has 3 heteroatoms. The molecule has 2 aromatic carbocycles. The van der Waals surface area contributed by atoms with E-state index in [0.717, 1.165) is 23.6 Å². The number of hydrogen-bond donors (Lipinski definition) is 0. The molecule has 0 aliphatic heterocycles. The Kier molecular flexibility index (Phi) is 4.14. The van der Waals surface area contributed by atoms with Gasteiger partial charge in [-0.25, -0.2) is 4.98 Å². The van der Waals surface area contributed by atoms with Crippen LogP contribution in [0.2, 0.25) is 0 Å². The Morgan fingerprint density at radius 1 is 1.05 bits per heavy atom. The fourth-order valence-corrected chi connectivity index (χ4v) is 2.59. The zero-order valence-corrected chi connectivity index (χ0v) is 13.4. The lowest BCUT2D eigenvalue weighted by Gasteiger charge is -2.12. The van der Waals surface area contributed by atoms with E-state index in [1.807, 2.05) is 18.2 Å². The summed E-state index contributed by atoms with van der Waals surface area (Å²) in [6, 6.07) is 16.4. The van der Waals surface area contributed by atoms with Crippen molar-refractivity contribution in [2.75, 3.05) is 0 Å². The lowest BCUT2D eigenvalue weighted by atomic mass is 10.2. The molecule has 0 radical (unpaired) electrons. The molecule has 0 fully saturated rings. The van der Waals surface area contributed by atoms with Gasteiger partial charge in [0.15, 0.2) is 0 Å². The van der Waals surface area contributed by atoms with Crippen molar-refractivity contribution in [2.45, 2.75) is 33.9 Å². The van der Waals surface area contributed by atoms with Crippen molar-refractivity contribution in [3.63, 3.8) is 0 Å². The molecular weight excluding hydrogens is 272 g/mol. The largest absolute Gasteiger partial charge is 0.486 e. The zero-order valence-electron chi connectivity index (χ0n) is 13.4. The minimum Gasteiger partial charge on any atom is -0.486 e. The van der Waals surface area contributed by atoms with E-state index in [0.29, 0.717) is 12.5 Å². The van der Waals surface area contributed by atoms with E-state index >= 15 is 0 Å². The molecule has 1 heterocycles. The van der Waals surface area contributed by atoms with E-state index in [1.54, 1.807) is 0 Å². The second kappa shape index (κ2) is 6.22. The summed E-state index contributed by atoms with van der Waals surface area (Å²) in [7, 11) is 0. The first kappa shape index (κ1) is 14.6. The normalized spacial score (nSPS) is 11.3. The number of nitrogens with zero attached hydrogens (tertiary/aromatic N) is 2. The van der Waals surface area contributed by atoms with Crippen molar-refractivity contribution in [3.8, 4) is 5.75 Å². The van der Waals surface area contributed by atoms with E-state index in [9.17, 15) is 0 Å². The van der Waals surface area contributed by atoms with E-state index in [-0.39, 0.29) is 0 Å². The third kappa shape index (κ3) is 3.14. The summed E-state index contributed by atoms with van der Waals surface area (Å²) in [4.78, 5) is 4.74. The Balaban J connectivity index is 1.87. The fourth-order valence-electron chi connectivity index (χ4n) is 2.59. The second-order valence-electron chi connectivity index (χ2n) is 6.12. The summed E-state index contributed by atoms with van der Waals surface area (Å²) in [5, 5.41) is 0. The van der Waals surface area contributed by atoms with Crippen LogP contribution in [0.25, 0.3) is 11.0 Å². The van der Waals surface area contributed by atoms with Crippen molar-refractivity contribution in [3.05, 3.63) is 59.9 Å². The zero-order chi connectivity index (χ0) is 15.5.